The molecule has 0 radical (unpaired) electrons. The Balaban J connectivity index is 2.65. The molecule has 0 fully saturated rings. The Hall–Kier alpha value is -0.780. The van der Waals surface area contributed by atoms with Gasteiger partial charge in [-0.1, -0.05) is 44.2 Å². The third-order valence-corrected chi connectivity index (χ3v) is 5.01. The van der Waals surface area contributed by atoms with Gasteiger partial charge in [0.2, 0.25) is 10.0 Å². The number of halogens is 1. The SMILES string of the molecule is CCCCCCC(C)NS(=O)(=O)c1ccc(Cl)cc1N. The lowest BCUT2D eigenvalue weighted by molar-refractivity contribution is 0.522. The zero-order valence-electron chi connectivity index (χ0n) is 12.0. The summed E-state index contributed by atoms with van der Waals surface area (Å²) < 4.78 is 27.1. The smallest absolute Gasteiger partial charge is 0.242 e. The van der Waals surface area contributed by atoms with Crippen LogP contribution in [0.15, 0.2) is 23.1 Å². The second-order valence-corrected chi connectivity index (χ2v) is 7.17. The fourth-order valence-electron chi connectivity index (χ4n) is 2.03. The summed E-state index contributed by atoms with van der Waals surface area (Å²) in [5, 5.41) is 0.425. The molecule has 0 aliphatic heterocycles. The Labute approximate surface area is 126 Å². The molecule has 0 saturated heterocycles. The molecule has 1 atom stereocenters. The predicted molar refractivity (Wildman–Crippen MR) is 84.4 cm³/mol. The van der Waals surface area contributed by atoms with E-state index in [9.17, 15) is 8.42 Å². The van der Waals surface area contributed by atoms with Gasteiger partial charge in [-0.15, -0.1) is 0 Å². The van der Waals surface area contributed by atoms with Crippen LogP contribution in [0.2, 0.25) is 5.02 Å². The van der Waals surface area contributed by atoms with Crippen LogP contribution in [0.25, 0.3) is 0 Å². The number of nitrogens with one attached hydrogen (secondary N) is 1. The Morgan fingerprint density at radius 1 is 1.30 bits per heavy atom. The van der Waals surface area contributed by atoms with Gasteiger partial charge in [0.25, 0.3) is 0 Å². The maximum atomic E-state index is 12.2. The standard InChI is InChI=1S/C14H23ClN2O2S/c1-3-4-5-6-7-11(2)17-20(18,19)14-9-8-12(15)10-13(14)16/h8-11,17H,3-7,16H2,1-2H3. The molecule has 4 nitrogen and oxygen atoms in total. The van der Waals surface area contributed by atoms with Crippen molar-refractivity contribution in [3.05, 3.63) is 23.2 Å². The van der Waals surface area contributed by atoms with Gasteiger partial charge >= 0.3 is 0 Å². The van der Waals surface area contributed by atoms with Crippen molar-refractivity contribution in [2.24, 2.45) is 0 Å². The highest BCUT2D eigenvalue weighted by Crippen LogP contribution is 2.22. The number of nitrogen functional groups attached to an aromatic ring is 1. The normalized spacial score (nSPS) is 13.3. The van der Waals surface area contributed by atoms with E-state index in [0.717, 1.165) is 19.3 Å². The zero-order chi connectivity index (χ0) is 15.2. The molecule has 0 amide bonds. The van der Waals surface area contributed by atoms with E-state index in [4.69, 9.17) is 17.3 Å². The van der Waals surface area contributed by atoms with Crippen LogP contribution in [0.3, 0.4) is 0 Å². The minimum Gasteiger partial charge on any atom is -0.398 e. The molecule has 0 saturated carbocycles. The van der Waals surface area contributed by atoms with Crippen LogP contribution in [0, 0.1) is 0 Å². The molecular weight excluding hydrogens is 296 g/mol. The minimum absolute atomic E-state index is 0.0855. The van der Waals surface area contributed by atoms with Gasteiger partial charge < -0.3 is 5.73 Å². The van der Waals surface area contributed by atoms with Crippen LogP contribution in [0.5, 0.6) is 0 Å². The molecular formula is C14H23ClN2O2S. The van der Waals surface area contributed by atoms with Gasteiger partial charge in [-0.05, 0) is 31.5 Å². The van der Waals surface area contributed by atoms with Crippen molar-refractivity contribution in [1.82, 2.24) is 4.72 Å². The summed E-state index contributed by atoms with van der Waals surface area (Å²) in [5.74, 6) is 0. The van der Waals surface area contributed by atoms with Crippen molar-refractivity contribution in [3.63, 3.8) is 0 Å². The van der Waals surface area contributed by atoms with Crippen molar-refractivity contribution >= 4 is 27.3 Å². The van der Waals surface area contributed by atoms with Crippen LogP contribution in [-0.2, 0) is 10.0 Å². The maximum Gasteiger partial charge on any atom is 0.242 e. The topological polar surface area (TPSA) is 72.2 Å². The highest BCUT2D eigenvalue weighted by Gasteiger charge is 2.19. The second kappa shape index (κ2) is 7.86. The molecule has 0 aliphatic carbocycles. The average Bonchev–Trinajstić information content (AvgIpc) is 2.33. The molecule has 114 valence electrons. The van der Waals surface area contributed by atoms with E-state index < -0.39 is 10.0 Å². The number of nitrogens with two attached hydrogens (primary N) is 1. The predicted octanol–water partition coefficient (Wildman–Crippen LogP) is 3.56. The number of hydrogen-bond acceptors (Lipinski definition) is 3. The largest absolute Gasteiger partial charge is 0.398 e. The summed E-state index contributed by atoms with van der Waals surface area (Å²) >= 11 is 5.78. The first-order valence-corrected chi connectivity index (χ1v) is 8.80. The molecule has 20 heavy (non-hydrogen) atoms. The highest BCUT2D eigenvalue weighted by molar-refractivity contribution is 7.89. The van der Waals surface area contributed by atoms with Crippen LogP contribution in [0.1, 0.15) is 46.0 Å². The number of sulfonamides is 1. The van der Waals surface area contributed by atoms with Gasteiger partial charge in [-0.25, -0.2) is 13.1 Å². The molecule has 1 aromatic carbocycles. The lowest BCUT2D eigenvalue weighted by Gasteiger charge is -2.15. The summed E-state index contributed by atoms with van der Waals surface area (Å²) in [4.78, 5) is 0.0855. The first-order chi connectivity index (χ1) is 9.36. The van der Waals surface area contributed by atoms with Crippen LogP contribution >= 0.6 is 11.6 Å². The Bertz CT molecular complexity index is 532. The second-order valence-electron chi connectivity index (χ2n) is 5.05. The maximum absolute atomic E-state index is 12.2. The monoisotopic (exact) mass is 318 g/mol. The Morgan fingerprint density at radius 3 is 2.60 bits per heavy atom. The average molecular weight is 319 g/mol. The molecule has 0 aliphatic rings. The summed E-state index contributed by atoms with van der Waals surface area (Å²) in [6.07, 6.45) is 5.33. The van der Waals surface area contributed by atoms with E-state index in [1.54, 1.807) is 0 Å². The van der Waals surface area contributed by atoms with Gasteiger partial charge in [-0.2, -0.15) is 0 Å². The first-order valence-electron chi connectivity index (χ1n) is 6.94. The van der Waals surface area contributed by atoms with Crippen molar-refractivity contribution in [3.8, 4) is 0 Å². The van der Waals surface area contributed by atoms with E-state index in [1.807, 2.05) is 6.92 Å². The fraction of sp³-hybridized carbons (Fsp3) is 0.571. The summed E-state index contributed by atoms with van der Waals surface area (Å²) in [7, 11) is -3.58. The number of unbranched alkanes of at least 4 members (excludes halogenated alkanes) is 3. The van der Waals surface area contributed by atoms with Crippen LogP contribution in [-0.4, -0.2) is 14.5 Å². The van der Waals surface area contributed by atoms with Crippen LogP contribution in [0.4, 0.5) is 5.69 Å². The van der Waals surface area contributed by atoms with Crippen molar-refractivity contribution < 1.29 is 8.42 Å². The van der Waals surface area contributed by atoms with Gasteiger partial charge in [0.05, 0.1) is 5.69 Å². The third kappa shape index (κ3) is 5.31. The minimum atomic E-state index is -3.58. The molecule has 0 spiro atoms. The molecule has 3 N–H and O–H groups in total. The summed E-state index contributed by atoms with van der Waals surface area (Å²) in [6.45, 7) is 4.02. The number of rotatable bonds is 8. The molecule has 0 aromatic heterocycles. The van der Waals surface area contributed by atoms with Gasteiger partial charge in [0.15, 0.2) is 0 Å². The summed E-state index contributed by atoms with van der Waals surface area (Å²) in [5.41, 5.74) is 5.89. The van der Waals surface area contributed by atoms with E-state index in [1.165, 1.54) is 31.0 Å². The van der Waals surface area contributed by atoms with Crippen LogP contribution < -0.4 is 10.5 Å². The van der Waals surface area contributed by atoms with E-state index in [0.29, 0.717) is 5.02 Å². The van der Waals surface area contributed by atoms with Gasteiger partial charge in [-0.3, -0.25) is 0 Å². The quantitative estimate of drug-likeness (QED) is 0.568. The number of anilines is 1. The molecule has 1 unspecified atom stereocenters. The number of hydrogen-bond donors (Lipinski definition) is 2. The third-order valence-electron chi connectivity index (χ3n) is 3.11. The molecule has 1 aromatic rings. The van der Waals surface area contributed by atoms with Crippen molar-refractivity contribution in [1.29, 1.82) is 0 Å². The molecule has 6 heteroatoms. The van der Waals surface area contributed by atoms with Crippen molar-refractivity contribution in [2.45, 2.75) is 56.9 Å². The number of benzene rings is 1. The van der Waals surface area contributed by atoms with Gasteiger partial charge in [0.1, 0.15) is 4.90 Å². The molecule has 1 rings (SSSR count). The Kier molecular flexibility index (Phi) is 6.79. The van der Waals surface area contributed by atoms with E-state index in [2.05, 4.69) is 11.6 Å². The van der Waals surface area contributed by atoms with Gasteiger partial charge in [0, 0.05) is 11.1 Å². The first kappa shape index (κ1) is 17.3. The summed E-state index contributed by atoms with van der Waals surface area (Å²) in [6, 6.07) is 4.30. The van der Waals surface area contributed by atoms with Crippen molar-refractivity contribution in [2.75, 3.05) is 5.73 Å². The lowest BCUT2D eigenvalue weighted by Crippen LogP contribution is -2.33. The lowest BCUT2D eigenvalue weighted by atomic mass is 10.1. The van der Waals surface area contributed by atoms with E-state index in [-0.39, 0.29) is 16.6 Å². The van der Waals surface area contributed by atoms with E-state index >= 15 is 0 Å². The zero-order valence-corrected chi connectivity index (χ0v) is 13.6. The molecule has 0 bridgehead atoms. The molecule has 0 heterocycles. The highest BCUT2D eigenvalue weighted by atomic mass is 35.5. The Morgan fingerprint density at radius 2 is 2.00 bits per heavy atom. The fourth-order valence-corrected chi connectivity index (χ4v) is 3.60.